The number of rotatable bonds is 5. The molecule has 1 unspecified atom stereocenters. The van der Waals surface area contributed by atoms with Crippen LogP contribution in [-0.4, -0.2) is 20.7 Å². The van der Waals surface area contributed by atoms with Crippen LogP contribution in [0, 0.1) is 5.92 Å². The third-order valence-electron chi connectivity index (χ3n) is 4.73. The SMILES string of the molecule is CCOC(=O)C(C)(c1ccc([Si](C)(C)C)s1)C1CCCC1. The summed E-state index contributed by atoms with van der Waals surface area (Å²) >= 11 is 1.85. The third kappa shape index (κ3) is 3.26. The van der Waals surface area contributed by atoms with Crippen molar-refractivity contribution < 1.29 is 9.53 Å². The van der Waals surface area contributed by atoms with Gasteiger partial charge >= 0.3 is 5.97 Å². The van der Waals surface area contributed by atoms with Crippen LogP contribution in [0.3, 0.4) is 0 Å². The van der Waals surface area contributed by atoms with Gasteiger partial charge in [0.25, 0.3) is 0 Å². The molecule has 0 spiro atoms. The topological polar surface area (TPSA) is 26.3 Å². The first-order valence-corrected chi connectivity index (χ1v) is 12.4. The number of thiophene rings is 1. The van der Waals surface area contributed by atoms with E-state index in [-0.39, 0.29) is 5.97 Å². The molecule has 1 aliphatic rings. The minimum absolute atomic E-state index is 0.0270. The van der Waals surface area contributed by atoms with E-state index in [1.165, 1.54) is 22.2 Å². The first kappa shape index (κ1) is 16.8. The maximum Gasteiger partial charge on any atom is 0.317 e. The molecule has 4 heteroatoms. The summed E-state index contributed by atoms with van der Waals surface area (Å²) in [5, 5.41) is 0. The van der Waals surface area contributed by atoms with E-state index in [0.29, 0.717) is 12.5 Å². The molecule has 1 aliphatic carbocycles. The van der Waals surface area contributed by atoms with Gasteiger partial charge in [-0.15, -0.1) is 11.3 Å². The van der Waals surface area contributed by atoms with Crippen LogP contribution in [0.4, 0.5) is 0 Å². The number of carbonyl (C=O) groups excluding carboxylic acids is 1. The molecule has 0 N–H and O–H groups in total. The average Bonchev–Trinajstić information content (AvgIpc) is 3.08. The molecule has 0 aliphatic heterocycles. The van der Waals surface area contributed by atoms with Gasteiger partial charge in [0, 0.05) is 4.88 Å². The summed E-state index contributed by atoms with van der Waals surface area (Å²) in [4.78, 5) is 13.9. The number of carbonyl (C=O) groups is 1. The minimum atomic E-state index is -1.32. The molecule has 1 saturated carbocycles. The van der Waals surface area contributed by atoms with Crippen LogP contribution in [0.2, 0.25) is 19.6 Å². The summed E-state index contributed by atoms with van der Waals surface area (Å²) in [5.74, 6) is 0.408. The molecule has 0 amide bonds. The van der Waals surface area contributed by atoms with Gasteiger partial charge in [-0.1, -0.05) is 38.5 Å². The number of hydrogen-bond donors (Lipinski definition) is 0. The molecule has 118 valence electrons. The Morgan fingerprint density at radius 3 is 2.43 bits per heavy atom. The fourth-order valence-electron chi connectivity index (χ4n) is 3.27. The van der Waals surface area contributed by atoms with Crippen molar-refractivity contribution >= 4 is 29.9 Å². The van der Waals surface area contributed by atoms with Gasteiger partial charge in [-0.05, 0) is 43.2 Å². The number of hydrogen-bond acceptors (Lipinski definition) is 3. The lowest BCUT2D eigenvalue weighted by Gasteiger charge is -2.32. The van der Waals surface area contributed by atoms with Crippen LogP contribution in [0.15, 0.2) is 12.1 Å². The Bertz CT molecular complexity index is 497. The fourth-order valence-corrected chi connectivity index (χ4v) is 6.38. The summed E-state index contributed by atoms with van der Waals surface area (Å²) in [6.07, 6.45) is 4.78. The van der Waals surface area contributed by atoms with E-state index in [4.69, 9.17) is 4.74 Å². The monoisotopic (exact) mass is 324 g/mol. The van der Waals surface area contributed by atoms with Crippen molar-refractivity contribution in [3.8, 4) is 0 Å². The molecule has 2 nitrogen and oxygen atoms in total. The zero-order valence-corrected chi connectivity index (χ0v) is 15.8. The average molecular weight is 325 g/mol. The third-order valence-corrected chi connectivity index (χ3v) is 9.65. The Hall–Kier alpha value is -0.613. The zero-order valence-electron chi connectivity index (χ0n) is 14.0. The summed E-state index contributed by atoms with van der Waals surface area (Å²) in [6, 6.07) is 4.44. The van der Waals surface area contributed by atoms with Crippen LogP contribution in [-0.2, 0) is 14.9 Å². The van der Waals surface area contributed by atoms with Gasteiger partial charge in [-0.25, -0.2) is 0 Å². The van der Waals surface area contributed by atoms with E-state index in [0.717, 1.165) is 12.8 Å². The zero-order chi connectivity index (χ0) is 15.7. The quantitative estimate of drug-likeness (QED) is 0.596. The van der Waals surface area contributed by atoms with Gasteiger partial charge in [0.1, 0.15) is 5.41 Å². The van der Waals surface area contributed by atoms with Gasteiger partial charge in [-0.3, -0.25) is 4.79 Å². The van der Waals surface area contributed by atoms with Crippen LogP contribution in [0.25, 0.3) is 0 Å². The lowest BCUT2D eigenvalue weighted by Crippen LogP contribution is -2.40. The van der Waals surface area contributed by atoms with Gasteiger partial charge in [0.2, 0.25) is 0 Å². The molecule has 0 aromatic carbocycles. The van der Waals surface area contributed by atoms with Gasteiger partial charge in [-0.2, -0.15) is 0 Å². The highest BCUT2D eigenvalue weighted by Crippen LogP contribution is 2.44. The second-order valence-electron chi connectivity index (χ2n) is 7.32. The van der Waals surface area contributed by atoms with Crippen molar-refractivity contribution in [1.82, 2.24) is 0 Å². The fraction of sp³-hybridized carbons (Fsp3) is 0.706. The summed E-state index contributed by atoms with van der Waals surface area (Å²) in [6.45, 7) is 11.6. The number of ether oxygens (including phenoxy) is 1. The molecular weight excluding hydrogens is 296 g/mol. The highest BCUT2D eigenvalue weighted by molar-refractivity contribution is 7.26. The maximum atomic E-state index is 12.7. The summed E-state index contributed by atoms with van der Waals surface area (Å²) < 4.78 is 6.93. The van der Waals surface area contributed by atoms with Crippen LogP contribution in [0.1, 0.15) is 44.4 Å². The van der Waals surface area contributed by atoms with E-state index >= 15 is 0 Å². The lowest BCUT2D eigenvalue weighted by molar-refractivity contribution is -0.151. The molecule has 0 bridgehead atoms. The Kier molecular flexibility index (Phi) is 4.98. The highest BCUT2D eigenvalue weighted by Gasteiger charge is 2.46. The Labute approximate surface area is 133 Å². The van der Waals surface area contributed by atoms with Crippen molar-refractivity contribution in [3.05, 3.63) is 17.0 Å². The van der Waals surface area contributed by atoms with Crippen molar-refractivity contribution in [2.24, 2.45) is 5.92 Å². The standard InChI is InChI=1S/C17H28O2SSi/c1-6-19-16(18)17(2,13-9-7-8-10-13)14-11-12-15(20-14)21(3,4)5/h11-13H,6-10H2,1-5H3. The molecule has 21 heavy (non-hydrogen) atoms. The minimum Gasteiger partial charge on any atom is -0.465 e. The molecule has 1 heterocycles. The molecule has 0 saturated heterocycles. The van der Waals surface area contributed by atoms with E-state index in [1.54, 1.807) is 0 Å². The van der Waals surface area contributed by atoms with Gasteiger partial charge in [0.15, 0.2) is 0 Å². The Morgan fingerprint density at radius 1 is 1.33 bits per heavy atom. The van der Waals surface area contributed by atoms with Crippen molar-refractivity contribution in [1.29, 1.82) is 0 Å². The molecular formula is C17H28O2SSi. The first-order valence-electron chi connectivity index (χ1n) is 8.08. The van der Waals surface area contributed by atoms with E-state index in [1.807, 2.05) is 18.3 Å². The largest absolute Gasteiger partial charge is 0.465 e. The molecule has 2 rings (SSSR count). The normalized spacial score (nSPS) is 19.5. The number of esters is 1. The summed E-state index contributed by atoms with van der Waals surface area (Å²) in [5.41, 5.74) is -0.449. The molecule has 1 aromatic heterocycles. The van der Waals surface area contributed by atoms with Gasteiger partial charge < -0.3 is 4.74 Å². The predicted octanol–water partition coefficient (Wildman–Crippen LogP) is 4.30. The second kappa shape index (κ2) is 6.25. The Balaban J connectivity index is 2.39. The second-order valence-corrected chi connectivity index (χ2v) is 13.8. The van der Waals surface area contributed by atoms with Crippen LogP contribution < -0.4 is 4.50 Å². The van der Waals surface area contributed by atoms with Gasteiger partial charge in [0.05, 0.1) is 14.7 Å². The first-order chi connectivity index (χ1) is 9.80. The lowest BCUT2D eigenvalue weighted by atomic mass is 9.75. The molecule has 1 fully saturated rings. The smallest absolute Gasteiger partial charge is 0.317 e. The highest BCUT2D eigenvalue weighted by atomic mass is 32.1. The van der Waals surface area contributed by atoms with Crippen LogP contribution in [0.5, 0.6) is 0 Å². The van der Waals surface area contributed by atoms with E-state index in [2.05, 4.69) is 38.7 Å². The maximum absolute atomic E-state index is 12.7. The molecule has 1 aromatic rings. The predicted molar refractivity (Wildman–Crippen MR) is 93.2 cm³/mol. The van der Waals surface area contributed by atoms with Crippen molar-refractivity contribution in [2.75, 3.05) is 6.61 Å². The van der Waals surface area contributed by atoms with E-state index < -0.39 is 13.5 Å². The van der Waals surface area contributed by atoms with Crippen LogP contribution >= 0.6 is 11.3 Å². The van der Waals surface area contributed by atoms with Crippen molar-refractivity contribution in [3.63, 3.8) is 0 Å². The Morgan fingerprint density at radius 2 is 1.95 bits per heavy atom. The van der Waals surface area contributed by atoms with E-state index in [9.17, 15) is 4.79 Å². The molecule has 0 radical (unpaired) electrons. The van der Waals surface area contributed by atoms with Crippen molar-refractivity contribution in [2.45, 2.75) is 64.6 Å². The summed E-state index contributed by atoms with van der Waals surface area (Å²) in [7, 11) is -1.32. The molecule has 1 atom stereocenters.